The van der Waals surface area contributed by atoms with Crippen LogP contribution in [0.1, 0.15) is 75.3 Å². The van der Waals surface area contributed by atoms with E-state index >= 15 is 0 Å². The second-order valence-corrected chi connectivity index (χ2v) is 8.10. The number of hydrogen-bond donors (Lipinski definition) is 4. The Bertz CT molecular complexity index is 847. The third-order valence-corrected chi connectivity index (χ3v) is 5.15. The smallest absolute Gasteiger partial charge is 0.240 e. The molecule has 0 aliphatic heterocycles. The molecule has 0 atom stereocenters. The minimum absolute atomic E-state index is 0.0966. The normalized spacial score (nSPS) is 11.2. The first-order valence-electron chi connectivity index (χ1n) is 11.7. The summed E-state index contributed by atoms with van der Waals surface area (Å²) in [4.78, 5) is 23.6. The molecule has 0 fully saturated rings. The third-order valence-electron chi connectivity index (χ3n) is 5.15. The Hall–Kier alpha value is -3.68. The Kier molecular flexibility index (Phi) is 12.5. The number of carbonyl (C=O) groups excluding carboxylic acids is 2. The van der Waals surface area contributed by atoms with E-state index in [1.165, 1.54) is 0 Å². The molecular formula is C26H34N4O4. The lowest BCUT2D eigenvalue weighted by atomic mass is 10.1. The van der Waals surface area contributed by atoms with Crippen LogP contribution in [0.4, 0.5) is 0 Å². The van der Waals surface area contributed by atoms with E-state index in [9.17, 15) is 19.8 Å². The lowest BCUT2D eigenvalue weighted by Gasteiger charge is -2.03. The highest BCUT2D eigenvalue weighted by atomic mass is 16.3. The number of carbonyl (C=O) groups is 2. The second-order valence-electron chi connectivity index (χ2n) is 8.10. The molecule has 2 aromatic carbocycles. The van der Waals surface area contributed by atoms with Gasteiger partial charge in [0.25, 0.3) is 0 Å². The summed E-state index contributed by atoms with van der Waals surface area (Å²) < 4.78 is 0. The molecule has 0 aliphatic carbocycles. The monoisotopic (exact) mass is 466 g/mol. The van der Waals surface area contributed by atoms with Crippen LogP contribution in [0.3, 0.4) is 0 Å². The van der Waals surface area contributed by atoms with Gasteiger partial charge in [-0.2, -0.15) is 10.2 Å². The van der Waals surface area contributed by atoms with Gasteiger partial charge in [-0.1, -0.05) is 38.5 Å². The van der Waals surface area contributed by atoms with Gasteiger partial charge < -0.3 is 10.2 Å². The minimum Gasteiger partial charge on any atom is -0.508 e. The van der Waals surface area contributed by atoms with E-state index in [2.05, 4.69) is 21.1 Å². The van der Waals surface area contributed by atoms with Crippen LogP contribution in [0, 0.1) is 0 Å². The topological polar surface area (TPSA) is 123 Å². The number of rotatable bonds is 15. The summed E-state index contributed by atoms with van der Waals surface area (Å²) in [6, 6.07) is 13.1. The Labute approximate surface area is 200 Å². The van der Waals surface area contributed by atoms with Crippen molar-refractivity contribution in [3.63, 3.8) is 0 Å². The number of benzene rings is 2. The van der Waals surface area contributed by atoms with Crippen molar-refractivity contribution in [3.8, 4) is 11.5 Å². The third kappa shape index (κ3) is 12.4. The molecular weight excluding hydrogens is 432 g/mol. The van der Waals surface area contributed by atoms with E-state index in [1.54, 1.807) is 61.0 Å². The molecule has 0 bridgehead atoms. The molecule has 8 nitrogen and oxygen atoms in total. The number of hydrazone groups is 2. The molecule has 0 saturated carbocycles. The average molecular weight is 467 g/mol. The molecule has 2 aromatic rings. The SMILES string of the molecule is O=C(CCCCCCCCCCC(=O)NN=Cc1ccc(O)cc1)NN=Cc1ccc(O)cc1. The van der Waals surface area contributed by atoms with E-state index < -0.39 is 0 Å². The average Bonchev–Trinajstić information content (AvgIpc) is 2.83. The molecule has 2 rings (SSSR count). The summed E-state index contributed by atoms with van der Waals surface area (Å²) in [6.07, 6.45) is 12.1. The van der Waals surface area contributed by atoms with Gasteiger partial charge in [0.05, 0.1) is 12.4 Å². The van der Waals surface area contributed by atoms with Gasteiger partial charge in [-0.15, -0.1) is 0 Å². The summed E-state index contributed by atoms with van der Waals surface area (Å²) in [7, 11) is 0. The first kappa shape index (κ1) is 26.6. The maximum absolute atomic E-state index is 11.8. The zero-order valence-electron chi connectivity index (χ0n) is 19.4. The zero-order valence-corrected chi connectivity index (χ0v) is 19.4. The first-order valence-corrected chi connectivity index (χ1v) is 11.7. The van der Waals surface area contributed by atoms with Crippen LogP contribution in [0.5, 0.6) is 11.5 Å². The highest BCUT2D eigenvalue weighted by Gasteiger charge is 2.01. The molecule has 0 spiro atoms. The first-order chi connectivity index (χ1) is 16.5. The van der Waals surface area contributed by atoms with Crippen molar-refractivity contribution < 1.29 is 19.8 Å². The summed E-state index contributed by atoms with van der Waals surface area (Å²) in [5, 5.41) is 26.3. The van der Waals surface area contributed by atoms with Crippen molar-refractivity contribution >= 4 is 24.2 Å². The van der Waals surface area contributed by atoms with Crippen LogP contribution in [0.25, 0.3) is 0 Å². The standard InChI is InChI=1S/C26H34N4O4/c31-23-15-11-21(12-16-23)19-27-29-25(33)9-7-5-3-1-2-4-6-8-10-26(34)30-28-20-22-13-17-24(32)18-14-22/h11-20,31-32H,1-10H2,(H,29,33)(H,30,34). The van der Waals surface area contributed by atoms with Crippen LogP contribution < -0.4 is 10.9 Å². The molecule has 0 unspecified atom stereocenters. The van der Waals surface area contributed by atoms with Gasteiger partial charge >= 0.3 is 0 Å². The highest BCUT2D eigenvalue weighted by Crippen LogP contribution is 2.11. The Balaban J connectivity index is 1.38. The summed E-state index contributed by atoms with van der Waals surface area (Å²) in [6.45, 7) is 0. The molecule has 0 saturated heterocycles. The van der Waals surface area contributed by atoms with Crippen molar-refractivity contribution in [3.05, 3.63) is 59.7 Å². The quantitative estimate of drug-likeness (QED) is 0.174. The van der Waals surface area contributed by atoms with E-state index in [0.717, 1.165) is 62.5 Å². The molecule has 0 aromatic heterocycles. The number of phenolic OH excluding ortho intramolecular Hbond substituents is 2. The van der Waals surface area contributed by atoms with Crippen LogP contribution in [-0.2, 0) is 9.59 Å². The fourth-order valence-corrected chi connectivity index (χ4v) is 3.22. The van der Waals surface area contributed by atoms with Gasteiger partial charge in [-0.25, -0.2) is 10.9 Å². The number of nitrogens with zero attached hydrogens (tertiary/aromatic N) is 2. The predicted molar refractivity (Wildman–Crippen MR) is 134 cm³/mol. The number of aromatic hydroxyl groups is 2. The summed E-state index contributed by atoms with van der Waals surface area (Å²) in [5.41, 5.74) is 6.65. The van der Waals surface area contributed by atoms with Crippen molar-refractivity contribution in [1.29, 1.82) is 0 Å². The van der Waals surface area contributed by atoms with Gasteiger partial charge in [0.2, 0.25) is 11.8 Å². The minimum atomic E-state index is -0.0966. The molecule has 2 amide bonds. The van der Waals surface area contributed by atoms with Gasteiger partial charge in [0.15, 0.2) is 0 Å². The largest absolute Gasteiger partial charge is 0.508 e. The molecule has 8 heteroatoms. The Morgan fingerprint density at radius 1 is 0.588 bits per heavy atom. The summed E-state index contributed by atoms with van der Waals surface area (Å²) in [5.74, 6) is 0.192. The van der Waals surface area contributed by atoms with Crippen molar-refractivity contribution in [1.82, 2.24) is 10.9 Å². The molecule has 0 aliphatic rings. The molecule has 0 radical (unpaired) electrons. The number of hydrogen-bond acceptors (Lipinski definition) is 6. The molecule has 34 heavy (non-hydrogen) atoms. The van der Waals surface area contributed by atoms with Crippen molar-refractivity contribution in [2.24, 2.45) is 10.2 Å². The summed E-state index contributed by atoms with van der Waals surface area (Å²) >= 11 is 0. The number of unbranched alkanes of at least 4 members (excludes halogenated alkanes) is 7. The van der Waals surface area contributed by atoms with E-state index in [-0.39, 0.29) is 23.3 Å². The maximum atomic E-state index is 11.8. The van der Waals surface area contributed by atoms with Crippen LogP contribution >= 0.6 is 0 Å². The van der Waals surface area contributed by atoms with Gasteiger partial charge in [-0.3, -0.25) is 9.59 Å². The van der Waals surface area contributed by atoms with Gasteiger partial charge in [0, 0.05) is 12.8 Å². The molecule has 0 heterocycles. The van der Waals surface area contributed by atoms with Crippen LogP contribution in [-0.4, -0.2) is 34.5 Å². The molecule has 4 N–H and O–H groups in total. The Morgan fingerprint density at radius 3 is 1.26 bits per heavy atom. The fraction of sp³-hybridized carbons (Fsp3) is 0.385. The van der Waals surface area contributed by atoms with Crippen molar-refractivity contribution in [2.45, 2.75) is 64.2 Å². The maximum Gasteiger partial charge on any atom is 0.240 e. The van der Waals surface area contributed by atoms with Gasteiger partial charge in [-0.05, 0) is 72.5 Å². The van der Waals surface area contributed by atoms with Gasteiger partial charge in [0.1, 0.15) is 11.5 Å². The molecule has 182 valence electrons. The Morgan fingerprint density at radius 2 is 0.912 bits per heavy atom. The predicted octanol–water partition coefficient (Wildman–Crippen LogP) is 4.60. The lowest BCUT2D eigenvalue weighted by Crippen LogP contribution is -2.16. The van der Waals surface area contributed by atoms with E-state index in [4.69, 9.17) is 0 Å². The zero-order chi connectivity index (χ0) is 24.4. The van der Waals surface area contributed by atoms with Crippen LogP contribution in [0.15, 0.2) is 58.7 Å². The fourth-order valence-electron chi connectivity index (χ4n) is 3.22. The lowest BCUT2D eigenvalue weighted by molar-refractivity contribution is -0.122. The van der Waals surface area contributed by atoms with E-state index in [1.807, 2.05) is 0 Å². The highest BCUT2D eigenvalue weighted by molar-refractivity contribution is 5.83. The van der Waals surface area contributed by atoms with E-state index in [0.29, 0.717) is 12.8 Å². The number of amides is 2. The van der Waals surface area contributed by atoms with Crippen molar-refractivity contribution in [2.75, 3.05) is 0 Å². The van der Waals surface area contributed by atoms with Crippen LogP contribution in [0.2, 0.25) is 0 Å². The number of phenols is 2. The number of nitrogens with one attached hydrogen (secondary N) is 2. The second kappa shape index (κ2) is 16.0.